The molecule has 1 N–H and O–H groups in total. The van der Waals surface area contributed by atoms with Gasteiger partial charge in [-0.1, -0.05) is 6.92 Å². The smallest absolute Gasteiger partial charge is 0.236 e. The summed E-state index contributed by atoms with van der Waals surface area (Å²) >= 11 is 0. The Morgan fingerprint density at radius 3 is 2.47 bits per heavy atom. The molecule has 2 aliphatic rings. The molecule has 1 aromatic rings. The van der Waals surface area contributed by atoms with E-state index in [1.807, 2.05) is 4.90 Å². The van der Waals surface area contributed by atoms with Crippen LogP contribution in [0.15, 0.2) is 11.3 Å². The van der Waals surface area contributed by atoms with E-state index in [-0.39, 0.29) is 24.0 Å². The Bertz CT molecular complexity index is 666. The van der Waals surface area contributed by atoms with Crippen molar-refractivity contribution in [3.63, 3.8) is 0 Å². The van der Waals surface area contributed by atoms with Crippen LogP contribution in [0.3, 0.4) is 0 Å². The third kappa shape index (κ3) is 7.07. The summed E-state index contributed by atoms with van der Waals surface area (Å²) in [4.78, 5) is 23.9. The summed E-state index contributed by atoms with van der Waals surface area (Å²) in [6.07, 6.45) is 6.21. The fraction of sp³-hybridized carbons (Fsp3) is 0.800. The van der Waals surface area contributed by atoms with E-state index in [2.05, 4.69) is 43.7 Å². The zero-order valence-corrected chi connectivity index (χ0v) is 20.8. The van der Waals surface area contributed by atoms with Crippen molar-refractivity contribution >= 4 is 35.8 Å². The molecule has 9 nitrogen and oxygen atoms in total. The third-order valence-corrected chi connectivity index (χ3v) is 5.69. The van der Waals surface area contributed by atoms with Crippen LogP contribution in [-0.2, 0) is 17.8 Å². The Labute approximate surface area is 197 Å². The highest BCUT2D eigenvalue weighted by Crippen LogP contribution is 2.10. The number of aromatic nitrogens is 3. The second kappa shape index (κ2) is 13.1. The second-order valence-electron chi connectivity index (χ2n) is 7.73. The number of halogens is 1. The van der Waals surface area contributed by atoms with Gasteiger partial charge in [-0.05, 0) is 26.2 Å². The van der Waals surface area contributed by atoms with Crippen molar-refractivity contribution in [1.82, 2.24) is 34.8 Å². The number of carbonyl (C=O) groups is 1. The lowest BCUT2D eigenvalue weighted by Gasteiger charge is -2.37. The van der Waals surface area contributed by atoms with Crippen molar-refractivity contribution in [2.75, 3.05) is 58.9 Å². The molecule has 0 bridgehead atoms. The number of guanidine groups is 1. The predicted octanol–water partition coefficient (Wildman–Crippen LogP) is 1.05. The molecule has 0 radical (unpaired) electrons. The van der Waals surface area contributed by atoms with E-state index >= 15 is 0 Å². The highest BCUT2D eigenvalue weighted by atomic mass is 127. The maximum Gasteiger partial charge on any atom is 0.236 e. The summed E-state index contributed by atoms with van der Waals surface area (Å²) in [6.45, 7) is 12.5. The van der Waals surface area contributed by atoms with Crippen LogP contribution in [0.4, 0.5) is 0 Å². The zero-order chi connectivity index (χ0) is 20.5. The number of piperazine rings is 1. The first kappa shape index (κ1) is 24.8. The Morgan fingerprint density at radius 1 is 1.07 bits per heavy atom. The van der Waals surface area contributed by atoms with Crippen molar-refractivity contribution in [2.45, 2.75) is 46.1 Å². The van der Waals surface area contributed by atoms with Crippen molar-refractivity contribution in [1.29, 1.82) is 0 Å². The molecule has 0 aliphatic carbocycles. The van der Waals surface area contributed by atoms with Crippen molar-refractivity contribution in [3.8, 4) is 0 Å². The first-order valence-electron chi connectivity index (χ1n) is 11.1. The number of hydrogen-bond acceptors (Lipinski definition) is 5. The van der Waals surface area contributed by atoms with E-state index < -0.39 is 0 Å². The number of piperidine rings is 1. The molecule has 2 aliphatic heterocycles. The second-order valence-corrected chi connectivity index (χ2v) is 7.73. The summed E-state index contributed by atoms with van der Waals surface area (Å²) in [5.74, 6) is 2.25. The predicted molar refractivity (Wildman–Crippen MR) is 129 cm³/mol. The van der Waals surface area contributed by atoms with Gasteiger partial charge >= 0.3 is 0 Å². The molecular formula is C20H37IN8O. The average molecular weight is 532 g/mol. The summed E-state index contributed by atoms with van der Waals surface area (Å²) in [6, 6.07) is 0. The highest BCUT2D eigenvalue weighted by Gasteiger charge is 2.24. The number of amides is 1. The van der Waals surface area contributed by atoms with Crippen molar-refractivity contribution < 1.29 is 4.79 Å². The van der Waals surface area contributed by atoms with E-state index in [4.69, 9.17) is 4.99 Å². The average Bonchev–Trinajstić information content (AvgIpc) is 3.22. The van der Waals surface area contributed by atoms with Crippen molar-refractivity contribution in [2.24, 2.45) is 4.99 Å². The third-order valence-electron chi connectivity index (χ3n) is 5.69. The number of carbonyl (C=O) groups excluding carboxylic acids is 1. The molecule has 0 aromatic carbocycles. The van der Waals surface area contributed by atoms with Gasteiger partial charge < -0.3 is 19.7 Å². The highest BCUT2D eigenvalue weighted by molar-refractivity contribution is 14.0. The zero-order valence-electron chi connectivity index (χ0n) is 18.4. The lowest BCUT2D eigenvalue weighted by molar-refractivity contribution is -0.133. The number of nitrogens with zero attached hydrogens (tertiary/aromatic N) is 7. The molecule has 3 heterocycles. The summed E-state index contributed by atoms with van der Waals surface area (Å²) in [5.41, 5.74) is 0. The molecule has 170 valence electrons. The number of nitrogens with one attached hydrogen (secondary N) is 1. The lowest BCUT2D eigenvalue weighted by atomic mass is 10.1. The topological polar surface area (TPSA) is 81.9 Å². The summed E-state index contributed by atoms with van der Waals surface area (Å²) in [7, 11) is 0. The Balaban J connectivity index is 0.00000320. The minimum atomic E-state index is 0. The summed E-state index contributed by atoms with van der Waals surface area (Å²) in [5, 5.41) is 11.5. The number of aliphatic imine (C=N–C) groups is 1. The fourth-order valence-corrected chi connectivity index (χ4v) is 3.98. The molecule has 30 heavy (non-hydrogen) atoms. The maximum absolute atomic E-state index is 12.5. The van der Waals surface area contributed by atoms with E-state index in [0.717, 1.165) is 83.4 Å². The van der Waals surface area contributed by atoms with Crippen LogP contribution in [0.5, 0.6) is 0 Å². The molecule has 0 saturated carbocycles. The van der Waals surface area contributed by atoms with Gasteiger partial charge in [0.1, 0.15) is 12.2 Å². The van der Waals surface area contributed by atoms with Gasteiger partial charge in [-0.2, -0.15) is 0 Å². The van der Waals surface area contributed by atoms with E-state index in [0.29, 0.717) is 19.0 Å². The van der Waals surface area contributed by atoms with Gasteiger partial charge in [-0.3, -0.25) is 14.7 Å². The number of aryl methyl sites for hydroxylation is 1. The molecule has 0 unspecified atom stereocenters. The largest absolute Gasteiger partial charge is 0.357 e. The monoisotopic (exact) mass is 532 g/mol. The van der Waals surface area contributed by atoms with Gasteiger partial charge in [-0.15, -0.1) is 34.2 Å². The van der Waals surface area contributed by atoms with Crippen LogP contribution in [0.25, 0.3) is 0 Å². The van der Waals surface area contributed by atoms with Gasteiger partial charge in [0.25, 0.3) is 0 Å². The van der Waals surface area contributed by atoms with Gasteiger partial charge in [-0.25, -0.2) is 0 Å². The number of rotatable bonds is 7. The Kier molecular flexibility index (Phi) is 10.8. The van der Waals surface area contributed by atoms with E-state index in [9.17, 15) is 4.79 Å². The molecule has 1 aromatic heterocycles. The van der Waals surface area contributed by atoms with Crippen LogP contribution < -0.4 is 5.32 Å². The fourth-order valence-electron chi connectivity index (χ4n) is 3.98. The van der Waals surface area contributed by atoms with Crippen LogP contribution in [-0.4, -0.2) is 100 Å². The molecular weight excluding hydrogens is 495 g/mol. The molecule has 2 saturated heterocycles. The SMILES string of the molecule is CCNC(=NCCn1cnnc1CC)N1CCN(CC(=O)N2CCCCC2)CC1.I. The van der Waals surface area contributed by atoms with E-state index in [1.54, 1.807) is 6.33 Å². The molecule has 0 spiro atoms. The lowest BCUT2D eigenvalue weighted by Crippen LogP contribution is -2.54. The quantitative estimate of drug-likeness (QED) is 0.322. The van der Waals surface area contributed by atoms with Crippen LogP contribution >= 0.6 is 24.0 Å². The normalized spacial score (nSPS) is 18.3. The maximum atomic E-state index is 12.5. The molecule has 1 amide bonds. The standard InChI is InChI=1S/C20H36N8O.HI/c1-3-18-24-23-17-28(18)11-8-22-20(21-4-2)27-14-12-25(13-15-27)16-19(29)26-9-6-5-7-10-26;/h17H,3-16H2,1-2H3,(H,21,22);1H. The molecule has 10 heteroatoms. The van der Waals surface area contributed by atoms with Crippen LogP contribution in [0.1, 0.15) is 38.9 Å². The van der Waals surface area contributed by atoms with Crippen LogP contribution in [0.2, 0.25) is 0 Å². The van der Waals surface area contributed by atoms with Crippen LogP contribution in [0, 0.1) is 0 Å². The minimum Gasteiger partial charge on any atom is -0.357 e. The Morgan fingerprint density at radius 2 is 1.80 bits per heavy atom. The van der Waals surface area contributed by atoms with Crippen molar-refractivity contribution in [3.05, 3.63) is 12.2 Å². The first-order chi connectivity index (χ1) is 14.2. The molecule has 3 rings (SSSR count). The van der Waals surface area contributed by atoms with E-state index in [1.165, 1.54) is 6.42 Å². The number of hydrogen-bond donors (Lipinski definition) is 1. The van der Waals surface area contributed by atoms with Gasteiger partial charge in [0.2, 0.25) is 5.91 Å². The van der Waals surface area contributed by atoms with Gasteiger partial charge in [0, 0.05) is 58.8 Å². The Hall–Kier alpha value is -1.43. The molecule has 0 atom stereocenters. The molecule has 2 fully saturated rings. The minimum absolute atomic E-state index is 0. The first-order valence-corrected chi connectivity index (χ1v) is 11.1. The van der Waals surface area contributed by atoms with Gasteiger partial charge in [0.05, 0.1) is 13.1 Å². The van der Waals surface area contributed by atoms with Gasteiger partial charge in [0.15, 0.2) is 5.96 Å². The summed E-state index contributed by atoms with van der Waals surface area (Å²) < 4.78 is 2.07. The number of likely N-dealkylation sites (tertiary alicyclic amines) is 1.